The van der Waals surface area contributed by atoms with Gasteiger partial charge in [-0.25, -0.2) is 0 Å². The molecule has 0 saturated heterocycles. The maximum absolute atomic E-state index is 12.3. The lowest BCUT2D eigenvalue weighted by atomic mass is 10.1. The van der Waals surface area contributed by atoms with Crippen LogP contribution in [0.25, 0.3) is 0 Å². The topological polar surface area (TPSA) is 55.1 Å². The number of hydrogen-bond donors (Lipinski definition) is 2. The minimum atomic E-state index is -0.120. The molecule has 1 amide bonds. The maximum atomic E-state index is 12.3. The number of nitrogen functional groups attached to an aromatic ring is 1. The molecule has 0 aromatic heterocycles. The molecule has 0 bridgehead atoms. The largest absolute Gasteiger partial charge is 0.399 e. The molecular weight excluding hydrogens is 236 g/mol. The van der Waals surface area contributed by atoms with E-state index in [4.69, 9.17) is 5.73 Å². The second-order valence-corrected chi connectivity index (χ2v) is 4.54. The number of nitrogens with two attached hydrogens (primary N) is 1. The van der Waals surface area contributed by atoms with Gasteiger partial charge >= 0.3 is 0 Å². The van der Waals surface area contributed by atoms with Crippen molar-refractivity contribution in [1.82, 2.24) is 0 Å². The van der Waals surface area contributed by atoms with Crippen LogP contribution in [0.5, 0.6) is 0 Å². The van der Waals surface area contributed by atoms with Crippen LogP contribution in [-0.4, -0.2) is 5.91 Å². The number of carbonyl (C=O) groups excluding carboxylic acids is 1. The average Bonchev–Trinajstić information content (AvgIpc) is 2.42. The molecule has 0 fully saturated rings. The number of para-hydroxylation sites is 1. The van der Waals surface area contributed by atoms with Crippen LogP contribution in [-0.2, 0) is 6.42 Å². The van der Waals surface area contributed by atoms with Gasteiger partial charge in [-0.1, -0.05) is 31.2 Å². The number of rotatable bonds is 3. The van der Waals surface area contributed by atoms with Crippen molar-refractivity contribution < 1.29 is 4.79 Å². The molecule has 3 heteroatoms. The quantitative estimate of drug-likeness (QED) is 0.825. The molecular formula is C16H18N2O. The Morgan fingerprint density at radius 2 is 1.95 bits per heavy atom. The van der Waals surface area contributed by atoms with E-state index < -0.39 is 0 Å². The lowest BCUT2D eigenvalue weighted by Crippen LogP contribution is -2.14. The highest BCUT2D eigenvalue weighted by Crippen LogP contribution is 2.19. The van der Waals surface area contributed by atoms with Crippen molar-refractivity contribution in [3.63, 3.8) is 0 Å². The molecule has 0 aliphatic rings. The van der Waals surface area contributed by atoms with E-state index in [1.807, 2.05) is 37.3 Å². The van der Waals surface area contributed by atoms with Gasteiger partial charge in [-0.15, -0.1) is 0 Å². The number of nitrogens with one attached hydrogen (secondary N) is 1. The molecule has 0 saturated carbocycles. The molecule has 2 aromatic carbocycles. The van der Waals surface area contributed by atoms with E-state index in [0.717, 1.165) is 23.2 Å². The molecule has 2 aromatic rings. The highest BCUT2D eigenvalue weighted by Gasteiger charge is 2.11. The third-order valence-electron chi connectivity index (χ3n) is 3.15. The van der Waals surface area contributed by atoms with Crippen molar-refractivity contribution in [3.8, 4) is 0 Å². The molecule has 2 rings (SSSR count). The van der Waals surface area contributed by atoms with Gasteiger partial charge in [0.25, 0.3) is 5.91 Å². The predicted octanol–water partition coefficient (Wildman–Crippen LogP) is 3.39. The van der Waals surface area contributed by atoms with Crippen LogP contribution in [0.1, 0.15) is 28.4 Å². The summed E-state index contributed by atoms with van der Waals surface area (Å²) in [6.45, 7) is 3.97. The van der Waals surface area contributed by atoms with Crippen molar-refractivity contribution in [2.24, 2.45) is 0 Å². The summed E-state index contributed by atoms with van der Waals surface area (Å²) < 4.78 is 0. The fraction of sp³-hybridized carbons (Fsp3) is 0.188. The fourth-order valence-corrected chi connectivity index (χ4v) is 2.02. The van der Waals surface area contributed by atoms with Gasteiger partial charge in [-0.2, -0.15) is 0 Å². The van der Waals surface area contributed by atoms with Crippen molar-refractivity contribution in [2.45, 2.75) is 20.3 Å². The van der Waals surface area contributed by atoms with E-state index in [2.05, 4.69) is 12.2 Å². The Morgan fingerprint density at radius 1 is 1.21 bits per heavy atom. The molecule has 0 heterocycles. The number of anilines is 2. The standard InChI is InChI=1S/C16H18N2O/c1-3-12-6-4-5-7-15(12)18-16(19)14-10-13(17)9-8-11(14)2/h4-10H,3,17H2,1-2H3,(H,18,19). The van der Waals surface area contributed by atoms with E-state index in [0.29, 0.717) is 11.3 Å². The Balaban J connectivity index is 2.28. The Morgan fingerprint density at radius 3 is 2.68 bits per heavy atom. The van der Waals surface area contributed by atoms with E-state index in [-0.39, 0.29) is 5.91 Å². The van der Waals surface area contributed by atoms with Gasteiger partial charge in [0, 0.05) is 16.9 Å². The molecule has 0 unspecified atom stereocenters. The normalized spacial score (nSPS) is 10.2. The maximum Gasteiger partial charge on any atom is 0.256 e. The van der Waals surface area contributed by atoms with Crippen molar-refractivity contribution in [3.05, 3.63) is 59.2 Å². The SMILES string of the molecule is CCc1ccccc1NC(=O)c1cc(N)ccc1C. The number of aryl methyl sites for hydroxylation is 2. The second-order valence-electron chi connectivity index (χ2n) is 4.54. The first-order chi connectivity index (χ1) is 9.11. The van der Waals surface area contributed by atoms with Gasteiger partial charge in [0.1, 0.15) is 0 Å². The molecule has 0 radical (unpaired) electrons. The average molecular weight is 254 g/mol. The van der Waals surface area contributed by atoms with Gasteiger partial charge in [0.2, 0.25) is 0 Å². The van der Waals surface area contributed by atoms with Crippen LogP contribution in [0.15, 0.2) is 42.5 Å². The Labute approximate surface area is 113 Å². The minimum Gasteiger partial charge on any atom is -0.399 e. The monoisotopic (exact) mass is 254 g/mol. The Kier molecular flexibility index (Phi) is 3.85. The summed E-state index contributed by atoms with van der Waals surface area (Å²) >= 11 is 0. The highest BCUT2D eigenvalue weighted by atomic mass is 16.1. The van der Waals surface area contributed by atoms with Gasteiger partial charge < -0.3 is 11.1 Å². The van der Waals surface area contributed by atoms with Crippen LogP contribution >= 0.6 is 0 Å². The van der Waals surface area contributed by atoms with E-state index >= 15 is 0 Å². The van der Waals surface area contributed by atoms with Crippen LogP contribution in [0.2, 0.25) is 0 Å². The Hall–Kier alpha value is -2.29. The highest BCUT2D eigenvalue weighted by molar-refractivity contribution is 6.06. The summed E-state index contributed by atoms with van der Waals surface area (Å²) in [5.41, 5.74) is 9.85. The molecule has 98 valence electrons. The van der Waals surface area contributed by atoms with Crippen molar-refractivity contribution in [2.75, 3.05) is 11.1 Å². The van der Waals surface area contributed by atoms with Gasteiger partial charge in [-0.3, -0.25) is 4.79 Å². The number of amides is 1. The first-order valence-electron chi connectivity index (χ1n) is 6.37. The molecule has 0 aliphatic carbocycles. The lowest BCUT2D eigenvalue weighted by molar-refractivity contribution is 0.102. The molecule has 3 nitrogen and oxygen atoms in total. The molecule has 19 heavy (non-hydrogen) atoms. The smallest absolute Gasteiger partial charge is 0.256 e. The minimum absolute atomic E-state index is 0.120. The zero-order chi connectivity index (χ0) is 13.8. The zero-order valence-electron chi connectivity index (χ0n) is 11.2. The van der Waals surface area contributed by atoms with Gasteiger partial charge in [-0.05, 0) is 42.7 Å². The Bertz CT molecular complexity index is 605. The molecule has 0 atom stereocenters. The van der Waals surface area contributed by atoms with E-state index in [9.17, 15) is 4.79 Å². The first-order valence-corrected chi connectivity index (χ1v) is 6.37. The third kappa shape index (κ3) is 2.94. The molecule has 0 aliphatic heterocycles. The second kappa shape index (κ2) is 5.57. The zero-order valence-corrected chi connectivity index (χ0v) is 11.2. The van der Waals surface area contributed by atoms with Crippen LogP contribution in [0.3, 0.4) is 0 Å². The fourth-order valence-electron chi connectivity index (χ4n) is 2.02. The molecule has 0 spiro atoms. The van der Waals surface area contributed by atoms with Crippen LogP contribution in [0.4, 0.5) is 11.4 Å². The van der Waals surface area contributed by atoms with E-state index in [1.165, 1.54) is 0 Å². The summed E-state index contributed by atoms with van der Waals surface area (Å²) in [6, 6.07) is 13.2. The summed E-state index contributed by atoms with van der Waals surface area (Å²) in [4.78, 5) is 12.3. The van der Waals surface area contributed by atoms with Crippen molar-refractivity contribution >= 4 is 17.3 Å². The van der Waals surface area contributed by atoms with E-state index in [1.54, 1.807) is 12.1 Å². The summed E-state index contributed by atoms with van der Waals surface area (Å²) in [5.74, 6) is -0.120. The summed E-state index contributed by atoms with van der Waals surface area (Å²) in [5, 5.41) is 2.95. The first kappa shape index (κ1) is 13.1. The predicted molar refractivity (Wildman–Crippen MR) is 79.4 cm³/mol. The number of hydrogen-bond acceptors (Lipinski definition) is 2. The van der Waals surface area contributed by atoms with Crippen LogP contribution in [0, 0.1) is 6.92 Å². The van der Waals surface area contributed by atoms with Crippen LogP contribution < -0.4 is 11.1 Å². The number of benzene rings is 2. The molecule has 3 N–H and O–H groups in total. The number of carbonyl (C=O) groups is 1. The summed E-state index contributed by atoms with van der Waals surface area (Å²) in [6.07, 6.45) is 0.881. The van der Waals surface area contributed by atoms with Crippen molar-refractivity contribution in [1.29, 1.82) is 0 Å². The lowest BCUT2D eigenvalue weighted by Gasteiger charge is -2.11. The van der Waals surface area contributed by atoms with Gasteiger partial charge in [0.05, 0.1) is 0 Å². The third-order valence-corrected chi connectivity index (χ3v) is 3.15. The summed E-state index contributed by atoms with van der Waals surface area (Å²) in [7, 11) is 0. The van der Waals surface area contributed by atoms with Gasteiger partial charge in [0.15, 0.2) is 0 Å².